The summed E-state index contributed by atoms with van der Waals surface area (Å²) in [6.45, 7) is 2.10. The number of hydrogen-bond acceptors (Lipinski definition) is 7. The van der Waals surface area contributed by atoms with Gasteiger partial charge in [0, 0.05) is 18.5 Å². The molecule has 0 amide bonds. The molecular formula is C12H12N4O3S. The maximum absolute atomic E-state index is 11.3. The van der Waals surface area contributed by atoms with Crippen molar-refractivity contribution in [2.45, 2.75) is 12.1 Å². The molecular weight excluding hydrogens is 280 g/mol. The summed E-state index contributed by atoms with van der Waals surface area (Å²) in [7, 11) is 0. The molecule has 0 saturated heterocycles. The standard InChI is InChI=1S/C12H12N4O3S/c1-2-19-11(18)8-20-12-13-5-3-10(14-12)16-6-4-9(7-17)15-16/h3-7H,2,8H2,1H3. The number of carbonyl (C=O) groups excluding carboxylic acids is 2. The van der Waals surface area contributed by atoms with Gasteiger partial charge in [-0.3, -0.25) is 9.59 Å². The molecule has 2 aromatic heterocycles. The Morgan fingerprint density at radius 3 is 3.05 bits per heavy atom. The van der Waals surface area contributed by atoms with Crippen molar-refractivity contribution in [3.05, 3.63) is 30.2 Å². The Morgan fingerprint density at radius 2 is 2.35 bits per heavy atom. The van der Waals surface area contributed by atoms with Crippen LogP contribution in [-0.4, -0.2) is 44.4 Å². The van der Waals surface area contributed by atoms with E-state index in [1.807, 2.05) is 0 Å². The molecule has 104 valence electrons. The second-order valence-electron chi connectivity index (χ2n) is 3.59. The molecule has 0 radical (unpaired) electrons. The van der Waals surface area contributed by atoms with Crippen LogP contribution < -0.4 is 0 Å². The van der Waals surface area contributed by atoms with Crippen LogP contribution >= 0.6 is 11.8 Å². The summed E-state index contributed by atoms with van der Waals surface area (Å²) in [4.78, 5) is 30.2. The van der Waals surface area contributed by atoms with Crippen molar-refractivity contribution in [3.63, 3.8) is 0 Å². The highest BCUT2D eigenvalue weighted by Gasteiger charge is 2.07. The van der Waals surface area contributed by atoms with E-state index in [9.17, 15) is 9.59 Å². The van der Waals surface area contributed by atoms with Gasteiger partial charge in [-0.05, 0) is 13.0 Å². The fraction of sp³-hybridized carbons (Fsp3) is 0.250. The van der Waals surface area contributed by atoms with Gasteiger partial charge >= 0.3 is 5.97 Å². The maximum atomic E-state index is 11.3. The van der Waals surface area contributed by atoms with Crippen LogP contribution in [-0.2, 0) is 9.53 Å². The smallest absolute Gasteiger partial charge is 0.316 e. The first kappa shape index (κ1) is 14.2. The molecule has 7 nitrogen and oxygen atoms in total. The molecule has 0 N–H and O–H groups in total. The van der Waals surface area contributed by atoms with Crippen LogP contribution in [0.1, 0.15) is 17.4 Å². The number of hydrogen-bond donors (Lipinski definition) is 0. The summed E-state index contributed by atoms with van der Waals surface area (Å²) < 4.78 is 6.30. The zero-order valence-corrected chi connectivity index (χ0v) is 11.5. The van der Waals surface area contributed by atoms with Crippen molar-refractivity contribution >= 4 is 24.0 Å². The van der Waals surface area contributed by atoms with Crippen molar-refractivity contribution in [1.29, 1.82) is 0 Å². The Morgan fingerprint density at radius 1 is 1.50 bits per heavy atom. The summed E-state index contributed by atoms with van der Waals surface area (Å²) in [5.41, 5.74) is 0.323. The topological polar surface area (TPSA) is 87.0 Å². The van der Waals surface area contributed by atoms with Crippen LogP contribution in [0.15, 0.2) is 29.7 Å². The summed E-state index contributed by atoms with van der Waals surface area (Å²) in [6, 6.07) is 3.25. The predicted octanol–water partition coefficient (Wildman–Crippen LogP) is 1.13. The molecule has 2 heterocycles. The third kappa shape index (κ3) is 3.64. The lowest BCUT2D eigenvalue weighted by atomic mass is 10.5. The number of ether oxygens (including phenoxy) is 1. The zero-order valence-electron chi connectivity index (χ0n) is 10.7. The normalized spacial score (nSPS) is 10.2. The molecule has 0 aliphatic rings. The van der Waals surface area contributed by atoms with Crippen LogP contribution in [0.2, 0.25) is 0 Å². The van der Waals surface area contributed by atoms with Gasteiger partial charge in [0.15, 0.2) is 17.3 Å². The minimum absolute atomic E-state index is 0.149. The second kappa shape index (κ2) is 6.80. The third-order valence-electron chi connectivity index (χ3n) is 2.21. The molecule has 0 saturated carbocycles. The molecule has 0 bridgehead atoms. The first-order chi connectivity index (χ1) is 9.72. The summed E-state index contributed by atoms with van der Waals surface area (Å²) in [6.07, 6.45) is 3.86. The number of esters is 1. The summed E-state index contributed by atoms with van der Waals surface area (Å²) in [5.74, 6) is 0.365. The van der Waals surface area contributed by atoms with Crippen molar-refractivity contribution in [1.82, 2.24) is 19.7 Å². The van der Waals surface area contributed by atoms with Crippen LogP contribution in [0.3, 0.4) is 0 Å². The lowest BCUT2D eigenvalue weighted by Gasteiger charge is -2.03. The first-order valence-electron chi connectivity index (χ1n) is 5.85. The first-order valence-corrected chi connectivity index (χ1v) is 6.84. The Hall–Kier alpha value is -2.22. The van der Waals surface area contributed by atoms with E-state index in [0.29, 0.717) is 29.6 Å². The van der Waals surface area contributed by atoms with E-state index in [1.54, 1.807) is 31.5 Å². The van der Waals surface area contributed by atoms with E-state index in [2.05, 4.69) is 15.1 Å². The average molecular weight is 292 g/mol. The Kier molecular flexibility index (Phi) is 4.83. The summed E-state index contributed by atoms with van der Waals surface area (Å²) >= 11 is 1.18. The number of nitrogens with zero attached hydrogens (tertiary/aromatic N) is 4. The van der Waals surface area contributed by atoms with Crippen molar-refractivity contribution in [2.75, 3.05) is 12.4 Å². The monoisotopic (exact) mass is 292 g/mol. The minimum atomic E-state index is -0.311. The van der Waals surface area contributed by atoms with E-state index in [1.165, 1.54) is 16.4 Å². The highest BCUT2D eigenvalue weighted by Crippen LogP contribution is 2.14. The van der Waals surface area contributed by atoms with Gasteiger partial charge in [-0.1, -0.05) is 11.8 Å². The van der Waals surface area contributed by atoms with Gasteiger partial charge in [0.25, 0.3) is 0 Å². The van der Waals surface area contributed by atoms with Gasteiger partial charge in [-0.15, -0.1) is 0 Å². The number of aromatic nitrogens is 4. The van der Waals surface area contributed by atoms with E-state index in [-0.39, 0.29) is 11.7 Å². The number of carbonyl (C=O) groups is 2. The molecule has 0 fully saturated rings. The quantitative estimate of drug-likeness (QED) is 0.341. The van der Waals surface area contributed by atoms with Crippen molar-refractivity contribution in [3.8, 4) is 5.82 Å². The molecule has 0 spiro atoms. The molecule has 0 aliphatic carbocycles. The van der Waals surface area contributed by atoms with Crippen molar-refractivity contribution < 1.29 is 14.3 Å². The fourth-order valence-electron chi connectivity index (χ4n) is 1.38. The predicted molar refractivity (Wildman–Crippen MR) is 71.9 cm³/mol. The zero-order chi connectivity index (χ0) is 14.4. The molecule has 0 atom stereocenters. The number of thioether (sulfide) groups is 1. The SMILES string of the molecule is CCOC(=O)CSc1nccc(-n2ccc(C=O)n2)n1. The highest BCUT2D eigenvalue weighted by molar-refractivity contribution is 7.99. The number of rotatable bonds is 6. The number of aldehydes is 1. The van der Waals surface area contributed by atoms with Crippen molar-refractivity contribution in [2.24, 2.45) is 0 Å². The van der Waals surface area contributed by atoms with Gasteiger partial charge < -0.3 is 4.74 Å². The van der Waals surface area contributed by atoms with E-state index in [4.69, 9.17) is 4.74 Å². The van der Waals surface area contributed by atoms with Gasteiger partial charge in [0.05, 0.1) is 12.4 Å². The van der Waals surface area contributed by atoms with Gasteiger partial charge in [-0.2, -0.15) is 5.10 Å². The molecule has 2 rings (SSSR count). The molecule has 0 aliphatic heterocycles. The molecule has 2 aromatic rings. The van der Waals surface area contributed by atoms with Gasteiger partial charge in [0.2, 0.25) is 0 Å². The molecule has 20 heavy (non-hydrogen) atoms. The lowest BCUT2D eigenvalue weighted by molar-refractivity contribution is -0.139. The van der Waals surface area contributed by atoms with Crippen LogP contribution in [0, 0.1) is 0 Å². The molecule has 0 unspecified atom stereocenters. The van der Waals surface area contributed by atoms with Crippen LogP contribution in [0.4, 0.5) is 0 Å². The van der Waals surface area contributed by atoms with E-state index >= 15 is 0 Å². The van der Waals surface area contributed by atoms with E-state index in [0.717, 1.165) is 0 Å². The van der Waals surface area contributed by atoms with Gasteiger partial charge in [-0.25, -0.2) is 14.6 Å². The average Bonchev–Trinajstić information content (AvgIpc) is 2.95. The summed E-state index contributed by atoms with van der Waals surface area (Å²) in [5, 5.41) is 4.47. The lowest BCUT2D eigenvalue weighted by Crippen LogP contribution is -2.07. The Balaban J connectivity index is 2.07. The third-order valence-corrected chi connectivity index (χ3v) is 3.04. The van der Waals surface area contributed by atoms with Crippen LogP contribution in [0.25, 0.3) is 5.82 Å². The Bertz CT molecular complexity index is 614. The molecule has 0 aromatic carbocycles. The van der Waals surface area contributed by atoms with Crippen LogP contribution in [0.5, 0.6) is 0 Å². The minimum Gasteiger partial charge on any atom is -0.465 e. The second-order valence-corrected chi connectivity index (χ2v) is 4.54. The Labute approximate surface area is 119 Å². The largest absolute Gasteiger partial charge is 0.465 e. The highest BCUT2D eigenvalue weighted by atomic mass is 32.2. The van der Waals surface area contributed by atoms with Gasteiger partial charge in [0.1, 0.15) is 5.69 Å². The fourth-order valence-corrected chi connectivity index (χ4v) is 2.01. The maximum Gasteiger partial charge on any atom is 0.316 e. The van der Waals surface area contributed by atoms with E-state index < -0.39 is 0 Å². The molecule has 8 heteroatoms.